The molecule has 94 valence electrons. The molecule has 17 heavy (non-hydrogen) atoms. The average Bonchev–Trinajstić information content (AvgIpc) is 2.40. The number of aliphatic hydroxyl groups excluding tert-OH is 1. The Hall–Kier alpha value is -1.06. The second kappa shape index (κ2) is 6.03. The highest BCUT2D eigenvalue weighted by molar-refractivity contribution is 5.46. The molecule has 1 aromatic rings. The summed E-state index contributed by atoms with van der Waals surface area (Å²) in [6.07, 6.45) is 4.01. The maximum absolute atomic E-state index is 8.99. The molecule has 1 aliphatic heterocycles. The molecule has 0 amide bonds. The molecule has 0 aliphatic carbocycles. The number of likely N-dealkylation sites (N-methyl/N-ethyl adjacent to an activating group) is 1. The van der Waals surface area contributed by atoms with Gasteiger partial charge in [0.05, 0.1) is 12.7 Å². The number of benzene rings is 1. The van der Waals surface area contributed by atoms with E-state index in [1.165, 1.54) is 24.9 Å². The van der Waals surface area contributed by atoms with Crippen molar-refractivity contribution in [1.29, 1.82) is 0 Å². The van der Waals surface area contributed by atoms with Crippen LogP contribution in [-0.2, 0) is 11.3 Å². The summed E-state index contributed by atoms with van der Waals surface area (Å²) >= 11 is 0. The summed E-state index contributed by atoms with van der Waals surface area (Å²) in [6.45, 7) is 1.95. The maximum atomic E-state index is 8.99. The van der Waals surface area contributed by atoms with Crippen molar-refractivity contribution < 1.29 is 9.84 Å². The Bertz CT molecular complexity index is 331. The van der Waals surface area contributed by atoms with Crippen molar-refractivity contribution in [3.05, 3.63) is 29.8 Å². The second-order valence-corrected chi connectivity index (χ2v) is 4.69. The third-order valence-corrected chi connectivity index (χ3v) is 3.31. The molecule has 1 unspecified atom stereocenters. The summed E-state index contributed by atoms with van der Waals surface area (Å²) in [7, 11) is 2.09. The van der Waals surface area contributed by atoms with E-state index in [9.17, 15) is 0 Å². The van der Waals surface area contributed by atoms with Crippen LogP contribution in [0.2, 0.25) is 0 Å². The van der Waals surface area contributed by atoms with E-state index in [-0.39, 0.29) is 6.61 Å². The molecular weight excluding hydrogens is 214 g/mol. The van der Waals surface area contributed by atoms with Crippen molar-refractivity contribution in [1.82, 2.24) is 0 Å². The molecule has 0 spiro atoms. The summed E-state index contributed by atoms with van der Waals surface area (Å²) in [5.74, 6) is 0. The predicted octanol–water partition coefficient (Wildman–Crippen LogP) is 2.18. The standard InChI is InChI=1S/C14H21NO2/c1-15(10-14-4-2-3-9-17-14)13-7-5-12(11-16)6-8-13/h5-8,14,16H,2-4,9-11H2,1H3. The van der Waals surface area contributed by atoms with Crippen molar-refractivity contribution in [2.75, 3.05) is 25.1 Å². The first kappa shape index (κ1) is 12.4. The molecule has 3 nitrogen and oxygen atoms in total. The third-order valence-electron chi connectivity index (χ3n) is 3.31. The van der Waals surface area contributed by atoms with Gasteiger partial charge in [-0.05, 0) is 37.0 Å². The first-order valence-corrected chi connectivity index (χ1v) is 6.32. The van der Waals surface area contributed by atoms with Crippen molar-refractivity contribution in [3.8, 4) is 0 Å². The summed E-state index contributed by atoms with van der Waals surface area (Å²) < 4.78 is 5.73. The normalized spacial score (nSPS) is 20.2. The number of nitrogens with zero attached hydrogens (tertiary/aromatic N) is 1. The smallest absolute Gasteiger partial charge is 0.0749 e. The largest absolute Gasteiger partial charge is 0.392 e. The van der Waals surface area contributed by atoms with E-state index in [1.807, 2.05) is 24.3 Å². The molecule has 0 aromatic heterocycles. The lowest BCUT2D eigenvalue weighted by molar-refractivity contribution is 0.0216. The fraction of sp³-hybridized carbons (Fsp3) is 0.571. The van der Waals surface area contributed by atoms with Crippen molar-refractivity contribution in [2.45, 2.75) is 32.0 Å². The van der Waals surface area contributed by atoms with Gasteiger partial charge >= 0.3 is 0 Å². The van der Waals surface area contributed by atoms with Gasteiger partial charge in [-0.2, -0.15) is 0 Å². The van der Waals surface area contributed by atoms with E-state index >= 15 is 0 Å². The molecule has 1 saturated heterocycles. The Balaban J connectivity index is 1.91. The predicted molar refractivity (Wildman–Crippen MR) is 69.2 cm³/mol. The van der Waals surface area contributed by atoms with Crippen LogP contribution >= 0.6 is 0 Å². The Kier molecular flexibility index (Phi) is 4.40. The van der Waals surface area contributed by atoms with Crippen LogP contribution < -0.4 is 4.90 Å². The highest BCUT2D eigenvalue weighted by atomic mass is 16.5. The monoisotopic (exact) mass is 235 g/mol. The summed E-state index contributed by atoms with van der Waals surface area (Å²) in [4.78, 5) is 2.22. The molecule has 3 heteroatoms. The number of hydrogen-bond acceptors (Lipinski definition) is 3. The van der Waals surface area contributed by atoms with Crippen LogP contribution in [0.15, 0.2) is 24.3 Å². The lowest BCUT2D eigenvalue weighted by atomic mass is 10.1. The number of ether oxygens (including phenoxy) is 1. The zero-order valence-electron chi connectivity index (χ0n) is 10.4. The molecule has 0 radical (unpaired) electrons. The van der Waals surface area contributed by atoms with Gasteiger partial charge in [-0.3, -0.25) is 0 Å². The topological polar surface area (TPSA) is 32.7 Å². The number of anilines is 1. The van der Waals surface area contributed by atoms with Crippen LogP contribution in [0.5, 0.6) is 0 Å². The maximum Gasteiger partial charge on any atom is 0.0749 e. The van der Waals surface area contributed by atoms with E-state index in [0.29, 0.717) is 6.10 Å². The summed E-state index contributed by atoms with van der Waals surface area (Å²) in [6, 6.07) is 8.03. The van der Waals surface area contributed by atoms with Crippen molar-refractivity contribution in [2.24, 2.45) is 0 Å². The van der Waals surface area contributed by atoms with Gasteiger partial charge < -0.3 is 14.7 Å². The van der Waals surface area contributed by atoms with E-state index in [0.717, 1.165) is 18.7 Å². The molecule has 2 rings (SSSR count). The molecule has 1 N–H and O–H groups in total. The van der Waals surface area contributed by atoms with Gasteiger partial charge in [-0.1, -0.05) is 12.1 Å². The van der Waals surface area contributed by atoms with Crippen LogP contribution in [0.4, 0.5) is 5.69 Å². The SMILES string of the molecule is CN(CC1CCCCO1)c1ccc(CO)cc1. The quantitative estimate of drug-likeness (QED) is 0.868. The Morgan fingerprint density at radius 2 is 2.06 bits per heavy atom. The van der Waals surface area contributed by atoms with E-state index in [2.05, 4.69) is 11.9 Å². The van der Waals surface area contributed by atoms with E-state index in [1.54, 1.807) is 0 Å². The van der Waals surface area contributed by atoms with E-state index < -0.39 is 0 Å². The van der Waals surface area contributed by atoms with E-state index in [4.69, 9.17) is 9.84 Å². The van der Waals surface area contributed by atoms with Crippen molar-refractivity contribution >= 4 is 5.69 Å². The Morgan fingerprint density at radius 1 is 1.29 bits per heavy atom. The van der Waals surface area contributed by atoms with Gasteiger partial charge in [0.1, 0.15) is 0 Å². The summed E-state index contributed by atoms with van der Waals surface area (Å²) in [5.41, 5.74) is 2.13. The highest BCUT2D eigenvalue weighted by Gasteiger charge is 2.15. The minimum absolute atomic E-state index is 0.107. The van der Waals surface area contributed by atoms with Gasteiger partial charge in [0.15, 0.2) is 0 Å². The molecule has 0 bridgehead atoms. The lowest BCUT2D eigenvalue weighted by Crippen LogP contribution is -2.33. The van der Waals surface area contributed by atoms with Gasteiger partial charge in [-0.15, -0.1) is 0 Å². The molecule has 1 aliphatic rings. The molecule has 1 atom stereocenters. The average molecular weight is 235 g/mol. The van der Waals surface area contributed by atoms with Crippen LogP contribution in [0.3, 0.4) is 0 Å². The zero-order valence-corrected chi connectivity index (χ0v) is 10.4. The minimum atomic E-state index is 0.107. The number of hydrogen-bond donors (Lipinski definition) is 1. The van der Waals surface area contributed by atoms with Crippen LogP contribution in [-0.4, -0.2) is 31.4 Å². The first-order valence-electron chi connectivity index (χ1n) is 6.32. The zero-order chi connectivity index (χ0) is 12.1. The Labute approximate surface area is 103 Å². The number of aliphatic hydroxyl groups is 1. The van der Waals surface area contributed by atoms with Crippen LogP contribution in [0, 0.1) is 0 Å². The molecule has 0 saturated carbocycles. The first-order chi connectivity index (χ1) is 8.29. The highest BCUT2D eigenvalue weighted by Crippen LogP contribution is 2.18. The van der Waals surface area contributed by atoms with Gasteiger partial charge in [0.25, 0.3) is 0 Å². The van der Waals surface area contributed by atoms with Crippen LogP contribution in [0.25, 0.3) is 0 Å². The third kappa shape index (κ3) is 3.45. The molecule has 1 fully saturated rings. The number of rotatable bonds is 4. The molecule has 1 aromatic carbocycles. The lowest BCUT2D eigenvalue weighted by Gasteiger charge is -2.28. The fourth-order valence-electron chi connectivity index (χ4n) is 2.22. The minimum Gasteiger partial charge on any atom is -0.392 e. The van der Waals surface area contributed by atoms with Gasteiger partial charge in [0.2, 0.25) is 0 Å². The molecule has 1 heterocycles. The van der Waals surface area contributed by atoms with Gasteiger partial charge in [-0.25, -0.2) is 0 Å². The molecular formula is C14H21NO2. The van der Waals surface area contributed by atoms with Crippen molar-refractivity contribution in [3.63, 3.8) is 0 Å². The van der Waals surface area contributed by atoms with Crippen LogP contribution in [0.1, 0.15) is 24.8 Å². The Morgan fingerprint density at radius 3 is 2.65 bits per heavy atom. The summed E-state index contributed by atoms with van der Waals surface area (Å²) in [5, 5.41) is 8.99. The second-order valence-electron chi connectivity index (χ2n) is 4.69. The van der Waals surface area contributed by atoms with Gasteiger partial charge in [0, 0.05) is 25.9 Å². The fourth-order valence-corrected chi connectivity index (χ4v) is 2.22.